The average Bonchev–Trinajstić information content (AvgIpc) is 2.86. The Morgan fingerprint density at radius 3 is 2.37 bits per heavy atom. The Labute approximate surface area is 157 Å². The number of ether oxygens (including phenoxy) is 1. The topological polar surface area (TPSA) is 122 Å². The van der Waals surface area contributed by atoms with Crippen molar-refractivity contribution in [2.24, 2.45) is 10.7 Å². The Balaban J connectivity index is 2.20. The minimum atomic E-state index is -4.22. The molecule has 2 aromatic rings. The SMILES string of the molecule is COc1ccc(C2(c3cccc(CS(=O)(=O)O)c3)N=C(N)N(C)C2=O)cc1. The molecule has 0 saturated carbocycles. The Morgan fingerprint density at radius 1 is 1.19 bits per heavy atom. The van der Waals surface area contributed by atoms with Crippen molar-refractivity contribution in [1.29, 1.82) is 0 Å². The Kier molecular flexibility index (Phi) is 4.66. The maximum Gasteiger partial charge on any atom is 0.269 e. The van der Waals surface area contributed by atoms with E-state index >= 15 is 0 Å². The molecule has 1 unspecified atom stereocenters. The molecule has 0 bridgehead atoms. The summed E-state index contributed by atoms with van der Waals surface area (Å²) in [4.78, 5) is 18.8. The van der Waals surface area contributed by atoms with E-state index < -0.39 is 21.4 Å². The Bertz CT molecular complexity index is 1020. The quantitative estimate of drug-likeness (QED) is 0.739. The number of hydrogen-bond donors (Lipinski definition) is 2. The second-order valence-corrected chi connectivity index (χ2v) is 7.65. The third kappa shape index (κ3) is 3.38. The predicted molar refractivity (Wildman–Crippen MR) is 99.9 cm³/mol. The first-order valence-corrected chi connectivity index (χ1v) is 9.61. The maximum absolute atomic E-state index is 13.1. The van der Waals surface area contributed by atoms with Crippen molar-refractivity contribution in [1.82, 2.24) is 4.90 Å². The van der Waals surface area contributed by atoms with Crippen molar-refractivity contribution in [3.05, 3.63) is 65.2 Å². The molecule has 0 aromatic heterocycles. The van der Waals surface area contributed by atoms with Gasteiger partial charge in [-0.15, -0.1) is 0 Å². The van der Waals surface area contributed by atoms with Crippen LogP contribution in [0.15, 0.2) is 53.5 Å². The van der Waals surface area contributed by atoms with E-state index in [1.807, 2.05) is 0 Å². The number of guanidine groups is 1. The second-order valence-electron chi connectivity index (χ2n) is 6.20. The van der Waals surface area contributed by atoms with Crippen LogP contribution in [0.4, 0.5) is 0 Å². The third-order valence-corrected chi connectivity index (χ3v) is 5.14. The second kappa shape index (κ2) is 6.67. The summed E-state index contributed by atoms with van der Waals surface area (Å²) in [6.07, 6.45) is 0. The fourth-order valence-electron chi connectivity index (χ4n) is 3.11. The summed E-state index contributed by atoms with van der Waals surface area (Å²) in [5.41, 5.74) is 5.81. The first-order valence-electron chi connectivity index (χ1n) is 8.00. The molecule has 1 heterocycles. The lowest BCUT2D eigenvalue weighted by Crippen LogP contribution is -2.41. The van der Waals surface area contributed by atoms with Crippen molar-refractivity contribution >= 4 is 22.0 Å². The average molecular weight is 389 g/mol. The molecule has 1 amide bonds. The van der Waals surface area contributed by atoms with Crippen LogP contribution >= 0.6 is 0 Å². The fourth-order valence-corrected chi connectivity index (χ4v) is 3.71. The van der Waals surface area contributed by atoms with Gasteiger partial charge in [0.05, 0.1) is 7.11 Å². The molecule has 3 N–H and O–H groups in total. The van der Waals surface area contributed by atoms with Gasteiger partial charge >= 0.3 is 0 Å². The first kappa shape index (κ1) is 18.9. The number of methoxy groups -OCH3 is 1. The van der Waals surface area contributed by atoms with Gasteiger partial charge in [0.25, 0.3) is 16.0 Å². The Hall–Kier alpha value is -2.91. The summed E-state index contributed by atoms with van der Waals surface area (Å²) >= 11 is 0. The summed E-state index contributed by atoms with van der Waals surface area (Å²) in [5.74, 6) is -0.266. The van der Waals surface area contributed by atoms with Gasteiger partial charge in [0.1, 0.15) is 11.5 Å². The summed E-state index contributed by atoms with van der Waals surface area (Å²) < 4.78 is 36.8. The zero-order valence-electron chi connectivity index (χ0n) is 14.8. The third-order valence-electron chi connectivity index (χ3n) is 4.44. The van der Waals surface area contributed by atoms with Crippen molar-refractivity contribution in [2.45, 2.75) is 11.3 Å². The van der Waals surface area contributed by atoms with Crippen LogP contribution in [-0.4, -0.2) is 43.9 Å². The van der Waals surface area contributed by atoms with Crippen LogP contribution in [0.3, 0.4) is 0 Å². The van der Waals surface area contributed by atoms with Crippen LogP contribution in [0.25, 0.3) is 0 Å². The van der Waals surface area contributed by atoms with E-state index in [-0.39, 0.29) is 11.9 Å². The molecule has 0 saturated heterocycles. The molecular formula is C18H19N3O5S. The molecule has 142 valence electrons. The summed E-state index contributed by atoms with van der Waals surface area (Å²) in [6.45, 7) is 0. The number of carbonyl (C=O) groups is 1. The van der Waals surface area contributed by atoms with Crippen LogP contribution in [0.2, 0.25) is 0 Å². The zero-order chi connectivity index (χ0) is 19.8. The van der Waals surface area contributed by atoms with Crippen LogP contribution in [0, 0.1) is 0 Å². The molecule has 8 nitrogen and oxygen atoms in total. The van der Waals surface area contributed by atoms with E-state index in [0.29, 0.717) is 22.4 Å². The van der Waals surface area contributed by atoms with Crippen LogP contribution in [0.1, 0.15) is 16.7 Å². The monoisotopic (exact) mass is 389 g/mol. The predicted octanol–water partition coefficient (Wildman–Crippen LogP) is 1.11. The largest absolute Gasteiger partial charge is 0.497 e. The highest BCUT2D eigenvalue weighted by Gasteiger charge is 2.49. The highest BCUT2D eigenvalue weighted by Crippen LogP contribution is 2.40. The number of rotatable bonds is 5. The highest BCUT2D eigenvalue weighted by molar-refractivity contribution is 7.85. The van der Waals surface area contributed by atoms with Gasteiger partial charge in [-0.1, -0.05) is 36.4 Å². The lowest BCUT2D eigenvalue weighted by atomic mass is 9.82. The van der Waals surface area contributed by atoms with Gasteiger partial charge in [-0.25, -0.2) is 4.99 Å². The molecule has 1 atom stereocenters. The molecule has 2 aromatic carbocycles. The molecule has 0 aliphatic carbocycles. The lowest BCUT2D eigenvalue weighted by molar-refractivity contribution is -0.129. The number of nitrogens with two attached hydrogens (primary N) is 1. The van der Waals surface area contributed by atoms with Crippen LogP contribution in [-0.2, 0) is 26.2 Å². The van der Waals surface area contributed by atoms with Gasteiger partial charge in [-0.2, -0.15) is 8.42 Å². The minimum Gasteiger partial charge on any atom is -0.497 e. The molecular weight excluding hydrogens is 370 g/mol. The molecule has 0 spiro atoms. The van der Waals surface area contributed by atoms with Gasteiger partial charge in [-0.05, 0) is 28.8 Å². The zero-order valence-corrected chi connectivity index (χ0v) is 15.6. The van der Waals surface area contributed by atoms with E-state index in [1.54, 1.807) is 42.5 Å². The highest BCUT2D eigenvalue weighted by atomic mass is 32.2. The molecule has 1 aliphatic heterocycles. The summed E-state index contributed by atoms with van der Waals surface area (Å²) in [7, 11) is -1.16. The maximum atomic E-state index is 13.1. The molecule has 0 radical (unpaired) electrons. The minimum absolute atomic E-state index is 0.0519. The smallest absolute Gasteiger partial charge is 0.269 e. The molecule has 9 heteroatoms. The normalized spacial score (nSPS) is 19.9. The van der Waals surface area contributed by atoms with Gasteiger partial charge in [-0.3, -0.25) is 14.2 Å². The van der Waals surface area contributed by atoms with Gasteiger partial charge in [0, 0.05) is 7.05 Å². The van der Waals surface area contributed by atoms with Crippen LogP contribution < -0.4 is 10.5 Å². The van der Waals surface area contributed by atoms with Crippen molar-refractivity contribution in [3.63, 3.8) is 0 Å². The first-order chi connectivity index (χ1) is 12.7. The number of benzene rings is 2. The van der Waals surface area contributed by atoms with E-state index in [1.165, 1.54) is 25.1 Å². The van der Waals surface area contributed by atoms with E-state index in [4.69, 9.17) is 15.0 Å². The molecule has 27 heavy (non-hydrogen) atoms. The van der Waals surface area contributed by atoms with Gasteiger partial charge in [0.2, 0.25) is 0 Å². The fraction of sp³-hybridized carbons (Fsp3) is 0.222. The molecule has 3 rings (SSSR count). The Morgan fingerprint density at radius 2 is 1.85 bits per heavy atom. The number of amides is 1. The van der Waals surface area contributed by atoms with Crippen molar-refractivity contribution < 1.29 is 22.5 Å². The van der Waals surface area contributed by atoms with Crippen molar-refractivity contribution in [3.8, 4) is 5.75 Å². The van der Waals surface area contributed by atoms with E-state index in [0.717, 1.165) is 0 Å². The summed E-state index contributed by atoms with van der Waals surface area (Å²) in [6, 6.07) is 13.2. The van der Waals surface area contributed by atoms with Gasteiger partial charge < -0.3 is 10.5 Å². The number of carbonyl (C=O) groups excluding carboxylic acids is 1. The number of aliphatic imine (C=N–C) groups is 1. The van der Waals surface area contributed by atoms with E-state index in [2.05, 4.69) is 4.99 Å². The number of nitrogens with zero attached hydrogens (tertiary/aromatic N) is 2. The molecule has 1 aliphatic rings. The van der Waals surface area contributed by atoms with E-state index in [9.17, 15) is 13.2 Å². The summed E-state index contributed by atoms with van der Waals surface area (Å²) in [5, 5.41) is 0. The number of hydrogen-bond acceptors (Lipinski definition) is 6. The van der Waals surface area contributed by atoms with Crippen LogP contribution in [0.5, 0.6) is 5.75 Å². The lowest BCUT2D eigenvalue weighted by Gasteiger charge is -2.26. The van der Waals surface area contributed by atoms with Crippen molar-refractivity contribution in [2.75, 3.05) is 14.2 Å². The molecule has 0 fully saturated rings. The standard InChI is InChI=1S/C18H19N3O5S/c1-21-16(22)18(20-17(21)19,13-6-8-15(26-2)9-7-13)14-5-3-4-12(10-14)11-27(23,24)25/h3-10H,11H2,1-2H3,(H2,19,20)(H,23,24,25). The van der Waals surface area contributed by atoms with Gasteiger partial charge in [0.15, 0.2) is 11.5 Å². The number of likely N-dealkylation sites (N-methyl/N-ethyl adjacent to an activating group) is 1.